The maximum absolute atomic E-state index is 13.2. The Morgan fingerprint density at radius 1 is 1.06 bits per heavy atom. The summed E-state index contributed by atoms with van der Waals surface area (Å²) in [5, 5.41) is 8.59. The summed E-state index contributed by atoms with van der Waals surface area (Å²) in [5.41, 5.74) is 2.63. The monoisotopic (exact) mass is 506 g/mol. The van der Waals surface area contributed by atoms with Crippen molar-refractivity contribution in [1.82, 2.24) is 15.0 Å². The maximum Gasteiger partial charge on any atom is 0.276 e. The number of anilines is 1. The third-order valence-electron chi connectivity index (χ3n) is 6.04. The number of benzene rings is 3. The van der Waals surface area contributed by atoms with E-state index in [1.165, 1.54) is 23.7 Å². The minimum atomic E-state index is -2.73. The standard InChI is InChI=1S/C26H20F2N4O3S/c1-13-6-2-3-7-14(13)22-21-17(30-26(35)23-15-8-4-5-9-18(15)36-32-23)11-10-16(20(21)25(34)31-22)24(33)29-12-19(27)28/h2-11,19,22H,12H2,1H3,(H,29,33)(H,30,35)(H,31,34). The molecule has 3 N–H and O–H groups in total. The topological polar surface area (TPSA) is 100 Å². The van der Waals surface area contributed by atoms with Gasteiger partial charge in [0.05, 0.1) is 28.4 Å². The fourth-order valence-corrected chi connectivity index (χ4v) is 5.15. The van der Waals surface area contributed by atoms with Gasteiger partial charge in [0.25, 0.3) is 24.1 Å². The second-order valence-corrected chi connectivity index (χ2v) is 9.10. The molecule has 3 aromatic carbocycles. The van der Waals surface area contributed by atoms with Crippen LogP contribution in [-0.2, 0) is 0 Å². The second-order valence-electron chi connectivity index (χ2n) is 8.29. The number of carbonyl (C=O) groups is 3. The highest BCUT2D eigenvalue weighted by atomic mass is 32.1. The van der Waals surface area contributed by atoms with Gasteiger partial charge in [-0.15, -0.1) is 0 Å². The van der Waals surface area contributed by atoms with E-state index in [9.17, 15) is 23.2 Å². The van der Waals surface area contributed by atoms with E-state index in [0.717, 1.165) is 15.8 Å². The molecule has 3 amide bonds. The molecule has 1 atom stereocenters. The minimum absolute atomic E-state index is 0.0379. The fourth-order valence-electron chi connectivity index (χ4n) is 4.38. The predicted molar refractivity (Wildman–Crippen MR) is 133 cm³/mol. The number of hydrogen-bond acceptors (Lipinski definition) is 5. The van der Waals surface area contributed by atoms with Crippen molar-refractivity contribution in [3.63, 3.8) is 0 Å². The predicted octanol–water partition coefficient (Wildman–Crippen LogP) is 4.68. The molecule has 1 aliphatic rings. The summed E-state index contributed by atoms with van der Waals surface area (Å²) in [6.07, 6.45) is -2.73. The van der Waals surface area contributed by atoms with Crippen LogP contribution in [0.1, 0.15) is 53.9 Å². The highest BCUT2D eigenvalue weighted by molar-refractivity contribution is 7.13. The Morgan fingerprint density at radius 2 is 1.81 bits per heavy atom. The lowest BCUT2D eigenvalue weighted by Gasteiger charge is -2.19. The first-order valence-corrected chi connectivity index (χ1v) is 11.9. The molecule has 0 spiro atoms. The fraction of sp³-hybridized carbons (Fsp3) is 0.154. The summed E-state index contributed by atoms with van der Waals surface area (Å²) in [5.74, 6) is -1.79. The summed E-state index contributed by atoms with van der Waals surface area (Å²) >= 11 is 1.20. The smallest absolute Gasteiger partial charge is 0.276 e. The van der Waals surface area contributed by atoms with Gasteiger partial charge in [0.2, 0.25) is 0 Å². The van der Waals surface area contributed by atoms with Crippen LogP contribution in [0.4, 0.5) is 14.5 Å². The molecule has 0 radical (unpaired) electrons. The number of hydrogen-bond donors (Lipinski definition) is 3. The van der Waals surface area contributed by atoms with E-state index in [1.807, 2.05) is 49.4 Å². The average molecular weight is 507 g/mol. The van der Waals surface area contributed by atoms with Gasteiger partial charge in [0.15, 0.2) is 0 Å². The zero-order valence-corrected chi connectivity index (χ0v) is 19.8. The molecule has 1 aliphatic heterocycles. The first-order valence-electron chi connectivity index (χ1n) is 11.1. The summed E-state index contributed by atoms with van der Waals surface area (Å²) in [6.45, 7) is 1.05. The van der Waals surface area contributed by atoms with Crippen molar-refractivity contribution >= 4 is 45.0 Å². The number of fused-ring (bicyclic) bond motifs is 2. The summed E-state index contributed by atoms with van der Waals surface area (Å²) in [4.78, 5) is 39.1. The van der Waals surface area contributed by atoms with Gasteiger partial charge in [-0.3, -0.25) is 14.4 Å². The van der Waals surface area contributed by atoms with Crippen molar-refractivity contribution in [1.29, 1.82) is 0 Å². The van der Waals surface area contributed by atoms with Crippen LogP contribution in [0.5, 0.6) is 0 Å². The lowest BCUT2D eigenvalue weighted by atomic mass is 9.91. The first-order chi connectivity index (χ1) is 17.3. The normalized spacial score (nSPS) is 14.6. The SMILES string of the molecule is Cc1ccccc1C1NC(=O)c2c(C(=O)NCC(F)F)ccc(NC(=O)c3nsc4ccccc34)c21. The third kappa shape index (κ3) is 4.20. The molecular formula is C26H20F2N4O3S. The lowest BCUT2D eigenvalue weighted by Crippen LogP contribution is -2.30. The quantitative estimate of drug-likeness (QED) is 0.353. The van der Waals surface area contributed by atoms with Gasteiger partial charge in [-0.05, 0) is 47.8 Å². The largest absolute Gasteiger partial charge is 0.346 e. The van der Waals surface area contributed by atoms with Crippen LogP contribution in [0.2, 0.25) is 0 Å². The van der Waals surface area contributed by atoms with Gasteiger partial charge in [0, 0.05) is 16.6 Å². The number of aromatic nitrogens is 1. The molecule has 0 bridgehead atoms. The number of carbonyl (C=O) groups excluding carboxylic acids is 3. The van der Waals surface area contributed by atoms with Crippen LogP contribution in [0, 0.1) is 6.92 Å². The molecule has 0 fully saturated rings. The first kappa shape index (κ1) is 23.6. The van der Waals surface area contributed by atoms with Crippen LogP contribution < -0.4 is 16.0 Å². The molecule has 182 valence electrons. The number of aryl methyl sites for hydroxylation is 1. The Balaban J connectivity index is 1.60. The van der Waals surface area contributed by atoms with Crippen LogP contribution >= 0.6 is 11.5 Å². The molecular weight excluding hydrogens is 486 g/mol. The Bertz CT molecular complexity index is 1520. The second kappa shape index (κ2) is 9.46. The lowest BCUT2D eigenvalue weighted by molar-refractivity contribution is 0.0881. The van der Waals surface area contributed by atoms with Crippen LogP contribution in [0.25, 0.3) is 10.1 Å². The zero-order valence-electron chi connectivity index (χ0n) is 19.0. The number of nitrogens with one attached hydrogen (secondary N) is 3. The number of amides is 3. The van der Waals surface area contributed by atoms with Gasteiger partial charge in [0.1, 0.15) is 5.69 Å². The number of rotatable bonds is 6. The number of nitrogens with zero attached hydrogens (tertiary/aromatic N) is 1. The van der Waals surface area contributed by atoms with Gasteiger partial charge in [-0.2, -0.15) is 4.37 Å². The molecule has 4 aromatic rings. The molecule has 7 nitrogen and oxygen atoms in total. The van der Waals surface area contributed by atoms with Crippen molar-refractivity contribution in [2.24, 2.45) is 0 Å². The highest BCUT2D eigenvalue weighted by Crippen LogP contribution is 2.39. The van der Waals surface area contributed by atoms with E-state index in [1.54, 1.807) is 6.07 Å². The Hall–Kier alpha value is -4.18. The van der Waals surface area contributed by atoms with E-state index in [4.69, 9.17) is 0 Å². The molecule has 5 rings (SSSR count). The van der Waals surface area contributed by atoms with E-state index < -0.39 is 36.7 Å². The van der Waals surface area contributed by atoms with Crippen molar-refractivity contribution in [2.75, 3.05) is 11.9 Å². The van der Waals surface area contributed by atoms with Crippen LogP contribution in [0.3, 0.4) is 0 Å². The summed E-state index contributed by atoms with van der Waals surface area (Å²) in [6, 6.07) is 17.0. The molecule has 10 heteroatoms. The number of halogens is 2. The van der Waals surface area contributed by atoms with E-state index in [0.29, 0.717) is 16.6 Å². The van der Waals surface area contributed by atoms with Crippen molar-refractivity contribution in [3.8, 4) is 0 Å². The van der Waals surface area contributed by atoms with Gasteiger partial charge in [-0.1, -0.05) is 42.5 Å². The number of alkyl halides is 2. The van der Waals surface area contributed by atoms with Crippen molar-refractivity contribution in [2.45, 2.75) is 19.4 Å². The molecule has 0 saturated heterocycles. The average Bonchev–Trinajstić information content (AvgIpc) is 3.45. The minimum Gasteiger partial charge on any atom is -0.346 e. The Kier molecular flexibility index (Phi) is 6.19. The Labute approximate surface area is 208 Å². The van der Waals surface area contributed by atoms with Crippen molar-refractivity contribution < 1.29 is 23.2 Å². The molecule has 1 unspecified atom stereocenters. The Morgan fingerprint density at radius 3 is 2.58 bits per heavy atom. The highest BCUT2D eigenvalue weighted by Gasteiger charge is 2.37. The molecule has 0 aliphatic carbocycles. The molecule has 2 heterocycles. The third-order valence-corrected chi connectivity index (χ3v) is 6.86. The maximum atomic E-state index is 13.2. The summed E-state index contributed by atoms with van der Waals surface area (Å²) in [7, 11) is 0. The van der Waals surface area contributed by atoms with Crippen LogP contribution in [0.15, 0.2) is 60.7 Å². The van der Waals surface area contributed by atoms with E-state index in [2.05, 4.69) is 20.3 Å². The van der Waals surface area contributed by atoms with Gasteiger partial charge >= 0.3 is 0 Å². The van der Waals surface area contributed by atoms with Gasteiger partial charge in [-0.25, -0.2) is 8.78 Å². The van der Waals surface area contributed by atoms with Crippen molar-refractivity contribution in [3.05, 3.63) is 94.2 Å². The van der Waals surface area contributed by atoms with Gasteiger partial charge < -0.3 is 16.0 Å². The van der Waals surface area contributed by atoms with Crippen LogP contribution in [-0.4, -0.2) is 35.1 Å². The summed E-state index contributed by atoms with van der Waals surface area (Å²) < 4.78 is 30.5. The molecule has 1 aromatic heterocycles. The van der Waals surface area contributed by atoms with E-state index in [-0.39, 0.29) is 16.8 Å². The molecule has 0 saturated carbocycles. The van der Waals surface area contributed by atoms with E-state index >= 15 is 0 Å². The zero-order chi connectivity index (χ0) is 25.4. The molecule has 36 heavy (non-hydrogen) atoms.